The van der Waals surface area contributed by atoms with E-state index in [1.807, 2.05) is 6.07 Å². The Labute approximate surface area is 110 Å². The number of nitrogens with zero attached hydrogens (tertiary/aromatic N) is 1. The molecule has 0 unspecified atom stereocenters. The number of aliphatic hydroxyl groups excluding tert-OH is 1. The second-order valence-corrected chi connectivity index (χ2v) is 4.81. The maximum Gasteiger partial charge on any atom is 0.0625 e. The number of nitriles is 1. The van der Waals surface area contributed by atoms with Crippen LogP contribution in [0.3, 0.4) is 0 Å². The second-order valence-electron chi connectivity index (χ2n) is 4.81. The fourth-order valence-corrected chi connectivity index (χ4v) is 2.26. The average Bonchev–Trinajstić information content (AvgIpc) is 2.43. The van der Waals surface area contributed by atoms with Gasteiger partial charge in [-0.15, -0.1) is 0 Å². The molecule has 0 heterocycles. The van der Waals surface area contributed by atoms with Crippen molar-refractivity contribution in [2.24, 2.45) is 5.92 Å². The van der Waals surface area contributed by atoms with E-state index < -0.39 is 0 Å². The standard InChI is InChI=1S/C8H13NO.C8H10/c9-6-5-7-3-1-2-4-8(7)10;1-2-8-6-4-3-5-7-8/h7-8,10H,1-5H2;3-7H,2H2,1H3/t7-,8+;/m0./s1. The molecule has 0 bridgehead atoms. The Balaban J connectivity index is 0.000000184. The molecule has 0 amide bonds. The van der Waals surface area contributed by atoms with Crippen LogP contribution in [0.1, 0.15) is 44.6 Å². The molecule has 1 aromatic rings. The first-order chi connectivity index (χ1) is 8.77. The van der Waals surface area contributed by atoms with E-state index in [2.05, 4.69) is 37.3 Å². The molecule has 2 rings (SSSR count). The first kappa shape index (κ1) is 14.7. The van der Waals surface area contributed by atoms with Gasteiger partial charge in [0.1, 0.15) is 0 Å². The van der Waals surface area contributed by atoms with Gasteiger partial charge in [0.25, 0.3) is 0 Å². The Bertz CT molecular complexity index is 355. The van der Waals surface area contributed by atoms with Crippen LogP contribution in [0.5, 0.6) is 0 Å². The summed E-state index contributed by atoms with van der Waals surface area (Å²) in [5.74, 6) is 0.263. The lowest BCUT2D eigenvalue weighted by Gasteiger charge is -2.24. The van der Waals surface area contributed by atoms with E-state index in [0.29, 0.717) is 6.42 Å². The molecule has 98 valence electrons. The van der Waals surface area contributed by atoms with Crippen LogP contribution in [0.15, 0.2) is 30.3 Å². The van der Waals surface area contributed by atoms with E-state index in [4.69, 9.17) is 5.26 Å². The van der Waals surface area contributed by atoms with Crippen molar-refractivity contribution in [3.8, 4) is 6.07 Å². The smallest absolute Gasteiger partial charge is 0.0625 e. The molecule has 0 saturated heterocycles. The van der Waals surface area contributed by atoms with Gasteiger partial charge in [0.15, 0.2) is 0 Å². The van der Waals surface area contributed by atoms with Gasteiger partial charge in [-0.25, -0.2) is 0 Å². The van der Waals surface area contributed by atoms with Crippen molar-refractivity contribution in [2.45, 2.75) is 51.6 Å². The largest absolute Gasteiger partial charge is 0.393 e. The molecule has 1 fully saturated rings. The van der Waals surface area contributed by atoms with Crippen LogP contribution in [0, 0.1) is 17.2 Å². The number of aliphatic hydroxyl groups is 1. The summed E-state index contributed by atoms with van der Waals surface area (Å²) in [7, 11) is 0. The minimum Gasteiger partial charge on any atom is -0.393 e. The van der Waals surface area contributed by atoms with Crippen molar-refractivity contribution in [3.63, 3.8) is 0 Å². The van der Waals surface area contributed by atoms with Crippen LogP contribution in [0.2, 0.25) is 0 Å². The fourth-order valence-electron chi connectivity index (χ4n) is 2.26. The highest BCUT2D eigenvalue weighted by Crippen LogP contribution is 2.26. The van der Waals surface area contributed by atoms with Gasteiger partial charge in [0.05, 0.1) is 12.2 Å². The zero-order valence-electron chi connectivity index (χ0n) is 11.2. The Morgan fingerprint density at radius 2 is 1.89 bits per heavy atom. The third-order valence-electron chi connectivity index (χ3n) is 3.47. The molecular formula is C16H23NO. The molecule has 18 heavy (non-hydrogen) atoms. The summed E-state index contributed by atoms with van der Waals surface area (Å²) in [6.07, 6.45) is 5.71. The van der Waals surface area contributed by atoms with E-state index >= 15 is 0 Å². The zero-order chi connectivity index (χ0) is 13.2. The van der Waals surface area contributed by atoms with E-state index in [1.165, 1.54) is 12.0 Å². The van der Waals surface area contributed by atoms with Crippen molar-refractivity contribution in [1.29, 1.82) is 5.26 Å². The van der Waals surface area contributed by atoms with Crippen molar-refractivity contribution < 1.29 is 5.11 Å². The van der Waals surface area contributed by atoms with Gasteiger partial charge in [0.2, 0.25) is 0 Å². The van der Waals surface area contributed by atoms with Gasteiger partial charge < -0.3 is 5.11 Å². The van der Waals surface area contributed by atoms with Crippen LogP contribution >= 0.6 is 0 Å². The molecule has 0 aliphatic heterocycles. The third-order valence-corrected chi connectivity index (χ3v) is 3.47. The van der Waals surface area contributed by atoms with Crippen molar-refractivity contribution in [2.75, 3.05) is 0 Å². The van der Waals surface area contributed by atoms with Gasteiger partial charge in [-0.2, -0.15) is 5.26 Å². The Kier molecular flexibility index (Phi) is 7.13. The fraction of sp³-hybridized carbons (Fsp3) is 0.562. The molecule has 0 radical (unpaired) electrons. The van der Waals surface area contributed by atoms with Crippen LogP contribution in [0.25, 0.3) is 0 Å². The summed E-state index contributed by atoms with van der Waals surface area (Å²) in [5.41, 5.74) is 1.41. The summed E-state index contributed by atoms with van der Waals surface area (Å²) in [6, 6.07) is 12.6. The van der Waals surface area contributed by atoms with Crippen LogP contribution in [0.4, 0.5) is 0 Å². The number of hydrogen-bond donors (Lipinski definition) is 1. The minimum atomic E-state index is -0.201. The summed E-state index contributed by atoms with van der Waals surface area (Å²) >= 11 is 0. The summed E-state index contributed by atoms with van der Waals surface area (Å²) in [4.78, 5) is 0. The number of benzene rings is 1. The van der Waals surface area contributed by atoms with Crippen molar-refractivity contribution in [3.05, 3.63) is 35.9 Å². The highest BCUT2D eigenvalue weighted by Gasteiger charge is 2.21. The monoisotopic (exact) mass is 245 g/mol. The Morgan fingerprint density at radius 1 is 1.22 bits per heavy atom. The molecule has 1 aliphatic rings. The Hall–Kier alpha value is -1.33. The third kappa shape index (κ3) is 5.33. The minimum absolute atomic E-state index is 0.201. The maximum absolute atomic E-state index is 9.35. The van der Waals surface area contributed by atoms with Gasteiger partial charge in [0, 0.05) is 6.42 Å². The van der Waals surface area contributed by atoms with E-state index in [-0.39, 0.29) is 12.0 Å². The van der Waals surface area contributed by atoms with Crippen LogP contribution in [-0.4, -0.2) is 11.2 Å². The predicted molar refractivity (Wildman–Crippen MR) is 74.0 cm³/mol. The normalized spacial score (nSPS) is 22.5. The molecule has 2 nitrogen and oxygen atoms in total. The first-order valence-corrected chi connectivity index (χ1v) is 6.86. The van der Waals surface area contributed by atoms with E-state index in [0.717, 1.165) is 25.7 Å². The summed E-state index contributed by atoms with van der Waals surface area (Å²) in [5, 5.41) is 17.7. The molecule has 1 saturated carbocycles. The molecule has 2 heteroatoms. The summed E-state index contributed by atoms with van der Waals surface area (Å²) in [6.45, 7) is 2.16. The van der Waals surface area contributed by atoms with E-state index in [1.54, 1.807) is 0 Å². The molecule has 0 aromatic heterocycles. The summed E-state index contributed by atoms with van der Waals surface area (Å²) < 4.78 is 0. The lowest BCUT2D eigenvalue weighted by atomic mass is 9.85. The lowest BCUT2D eigenvalue weighted by molar-refractivity contribution is 0.0722. The van der Waals surface area contributed by atoms with Gasteiger partial charge in [-0.05, 0) is 30.7 Å². The van der Waals surface area contributed by atoms with Crippen molar-refractivity contribution in [1.82, 2.24) is 0 Å². The topological polar surface area (TPSA) is 44.0 Å². The molecular weight excluding hydrogens is 222 g/mol. The van der Waals surface area contributed by atoms with Crippen LogP contribution < -0.4 is 0 Å². The zero-order valence-corrected chi connectivity index (χ0v) is 11.2. The van der Waals surface area contributed by atoms with Gasteiger partial charge in [-0.3, -0.25) is 0 Å². The predicted octanol–water partition coefficient (Wildman–Crippen LogP) is 3.70. The maximum atomic E-state index is 9.35. The average molecular weight is 245 g/mol. The number of hydrogen-bond acceptors (Lipinski definition) is 2. The molecule has 1 aromatic carbocycles. The molecule has 0 spiro atoms. The van der Waals surface area contributed by atoms with Gasteiger partial charge >= 0.3 is 0 Å². The second kappa shape index (κ2) is 8.72. The van der Waals surface area contributed by atoms with E-state index in [9.17, 15) is 5.11 Å². The lowest BCUT2D eigenvalue weighted by Crippen LogP contribution is -2.23. The molecule has 1 N–H and O–H groups in total. The number of aryl methyl sites for hydroxylation is 1. The molecule has 1 aliphatic carbocycles. The quantitative estimate of drug-likeness (QED) is 0.863. The highest BCUT2D eigenvalue weighted by atomic mass is 16.3. The SMILES string of the molecule is CCc1ccccc1.N#CC[C@@H]1CCCC[C@H]1O. The highest BCUT2D eigenvalue weighted by molar-refractivity contribution is 5.13. The number of rotatable bonds is 2. The Morgan fingerprint density at radius 3 is 2.39 bits per heavy atom. The van der Waals surface area contributed by atoms with Gasteiger partial charge in [-0.1, -0.05) is 50.1 Å². The molecule has 2 atom stereocenters. The first-order valence-electron chi connectivity index (χ1n) is 6.86. The van der Waals surface area contributed by atoms with Crippen molar-refractivity contribution >= 4 is 0 Å². The van der Waals surface area contributed by atoms with Crippen LogP contribution in [-0.2, 0) is 6.42 Å².